The Morgan fingerprint density at radius 2 is 2.14 bits per heavy atom. The zero-order valence-corrected chi connectivity index (χ0v) is 13.4. The number of carbonyl (C=O) groups is 1. The number of hydrogen-bond donors (Lipinski definition) is 1. The maximum Gasteiger partial charge on any atom is 0.240 e. The first kappa shape index (κ1) is 15.4. The van der Waals surface area contributed by atoms with E-state index in [4.69, 9.17) is 4.74 Å². The molecule has 3 rings (SSSR count). The molecule has 22 heavy (non-hydrogen) atoms. The fraction of sp³-hybridized carbons (Fsp3) is 0.533. The lowest BCUT2D eigenvalue weighted by molar-refractivity contribution is -0.132. The van der Waals surface area contributed by atoms with Crippen LogP contribution in [0.3, 0.4) is 0 Å². The SMILES string of the molecule is COc1cc(F)ccc1N1CCN(C(=O)[C@@H]2CSCN2)CC1. The summed E-state index contributed by atoms with van der Waals surface area (Å²) in [6.45, 7) is 2.83. The van der Waals surface area contributed by atoms with Gasteiger partial charge in [-0.15, -0.1) is 11.8 Å². The Morgan fingerprint density at radius 1 is 1.36 bits per heavy atom. The molecule has 2 saturated heterocycles. The van der Waals surface area contributed by atoms with Gasteiger partial charge in [0.25, 0.3) is 0 Å². The van der Waals surface area contributed by atoms with Crippen molar-refractivity contribution >= 4 is 23.4 Å². The number of thioether (sulfide) groups is 1. The number of benzene rings is 1. The molecule has 5 nitrogen and oxygen atoms in total. The van der Waals surface area contributed by atoms with E-state index in [2.05, 4.69) is 10.2 Å². The molecule has 1 amide bonds. The molecule has 0 saturated carbocycles. The summed E-state index contributed by atoms with van der Waals surface area (Å²) >= 11 is 1.76. The number of nitrogens with one attached hydrogen (secondary N) is 1. The van der Waals surface area contributed by atoms with Crippen LogP contribution in [-0.2, 0) is 4.79 Å². The van der Waals surface area contributed by atoms with Gasteiger partial charge in [0, 0.05) is 43.9 Å². The molecular weight excluding hydrogens is 305 g/mol. The summed E-state index contributed by atoms with van der Waals surface area (Å²) in [6.07, 6.45) is 0. The van der Waals surface area contributed by atoms with E-state index in [1.165, 1.54) is 12.1 Å². The third-order valence-corrected chi connectivity index (χ3v) is 5.03. The summed E-state index contributed by atoms with van der Waals surface area (Å²) in [5.41, 5.74) is 0.880. The van der Waals surface area contributed by atoms with Crippen molar-refractivity contribution in [3.63, 3.8) is 0 Å². The number of nitrogens with zero attached hydrogens (tertiary/aromatic N) is 2. The first-order valence-electron chi connectivity index (χ1n) is 7.37. The Balaban J connectivity index is 1.63. The van der Waals surface area contributed by atoms with Crippen LogP contribution in [0.25, 0.3) is 0 Å². The van der Waals surface area contributed by atoms with Gasteiger partial charge in [-0.3, -0.25) is 10.1 Å². The molecule has 0 aliphatic carbocycles. The van der Waals surface area contributed by atoms with Crippen LogP contribution in [-0.4, -0.2) is 61.8 Å². The van der Waals surface area contributed by atoms with Gasteiger partial charge >= 0.3 is 0 Å². The first-order chi connectivity index (χ1) is 10.7. The number of ether oxygens (including phenoxy) is 1. The highest BCUT2D eigenvalue weighted by molar-refractivity contribution is 7.99. The molecule has 1 aromatic rings. The smallest absolute Gasteiger partial charge is 0.240 e. The van der Waals surface area contributed by atoms with Crippen LogP contribution in [0, 0.1) is 5.82 Å². The van der Waals surface area contributed by atoms with Crippen LogP contribution in [0.15, 0.2) is 18.2 Å². The molecule has 1 atom stereocenters. The highest BCUT2D eigenvalue weighted by Gasteiger charge is 2.30. The van der Waals surface area contributed by atoms with E-state index < -0.39 is 0 Å². The summed E-state index contributed by atoms with van der Waals surface area (Å²) in [7, 11) is 1.54. The fourth-order valence-corrected chi connectivity index (χ4v) is 3.79. The van der Waals surface area contributed by atoms with Crippen molar-refractivity contribution in [2.45, 2.75) is 6.04 Å². The number of amides is 1. The zero-order chi connectivity index (χ0) is 15.5. The third-order valence-electron chi connectivity index (χ3n) is 4.09. The van der Waals surface area contributed by atoms with Crippen molar-refractivity contribution in [3.05, 3.63) is 24.0 Å². The van der Waals surface area contributed by atoms with Crippen LogP contribution in [0.1, 0.15) is 0 Å². The second-order valence-corrected chi connectivity index (χ2v) is 6.43. The molecule has 2 fully saturated rings. The van der Waals surface area contributed by atoms with E-state index in [1.54, 1.807) is 24.9 Å². The van der Waals surface area contributed by atoms with E-state index in [1.807, 2.05) is 4.90 Å². The Bertz CT molecular complexity index is 544. The Morgan fingerprint density at radius 3 is 2.77 bits per heavy atom. The highest BCUT2D eigenvalue weighted by atomic mass is 32.2. The van der Waals surface area contributed by atoms with Crippen LogP contribution in [0.4, 0.5) is 10.1 Å². The molecule has 7 heteroatoms. The number of anilines is 1. The van der Waals surface area contributed by atoms with Crippen LogP contribution in [0.2, 0.25) is 0 Å². The summed E-state index contributed by atoms with van der Waals surface area (Å²) in [6, 6.07) is 4.53. The van der Waals surface area contributed by atoms with Gasteiger partial charge < -0.3 is 14.5 Å². The minimum Gasteiger partial charge on any atom is -0.494 e. The predicted octanol–water partition coefficient (Wildman–Crippen LogP) is 1.15. The quantitative estimate of drug-likeness (QED) is 0.903. The number of methoxy groups -OCH3 is 1. The van der Waals surface area contributed by atoms with Gasteiger partial charge in [0.05, 0.1) is 18.8 Å². The molecular formula is C15H20FN3O2S. The van der Waals surface area contributed by atoms with E-state index in [-0.39, 0.29) is 17.8 Å². The first-order valence-corrected chi connectivity index (χ1v) is 8.53. The molecule has 0 unspecified atom stereocenters. The lowest BCUT2D eigenvalue weighted by Crippen LogP contribution is -2.53. The summed E-state index contributed by atoms with van der Waals surface area (Å²) in [5.74, 6) is 2.12. The summed E-state index contributed by atoms with van der Waals surface area (Å²) in [4.78, 5) is 16.4. The van der Waals surface area contributed by atoms with Gasteiger partial charge in [-0.2, -0.15) is 0 Å². The van der Waals surface area contributed by atoms with Gasteiger partial charge in [0.2, 0.25) is 5.91 Å². The standard InChI is InChI=1S/C15H20FN3O2S/c1-21-14-8-11(16)2-3-13(14)18-4-6-19(7-5-18)15(20)12-9-22-10-17-12/h2-3,8,12,17H,4-7,9-10H2,1H3/t12-/m0/s1. The molecule has 2 heterocycles. The van der Waals surface area contributed by atoms with Gasteiger partial charge in [0.15, 0.2) is 0 Å². The predicted molar refractivity (Wildman–Crippen MR) is 86.0 cm³/mol. The van der Waals surface area contributed by atoms with Gasteiger partial charge in [0.1, 0.15) is 11.6 Å². The monoisotopic (exact) mass is 325 g/mol. The van der Waals surface area contributed by atoms with Crippen molar-refractivity contribution in [2.75, 3.05) is 49.8 Å². The average molecular weight is 325 g/mol. The van der Waals surface area contributed by atoms with Crippen molar-refractivity contribution in [3.8, 4) is 5.75 Å². The van der Waals surface area contributed by atoms with Crippen LogP contribution in [0.5, 0.6) is 5.75 Å². The molecule has 0 spiro atoms. The second-order valence-electron chi connectivity index (χ2n) is 5.40. The zero-order valence-electron chi connectivity index (χ0n) is 12.5. The lowest BCUT2D eigenvalue weighted by atomic mass is 10.2. The Kier molecular flexibility index (Phi) is 4.73. The number of carbonyl (C=O) groups excluding carboxylic acids is 1. The summed E-state index contributed by atoms with van der Waals surface area (Å²) in [5, 5.41) is 3.22. The van der Waals surface area contributed by atoms with E-state index in [9.17, 15) is 9.18 Å². The summed E-state index contributed by atoms with van der Waals surface area (Å²) < 4.78 is 18.5. The normalized spacial score (nSPS) is 22.0. The molecule has 0 radical (unpaired) electrons. The van der Waals surface area contributed by atoms with Crippen molar-refractivity contribution in [1.82, 2.24) is 10.2 Å². The molecule has 2 aliphatic heterocycles. The van der Waals surface area contributed by atoms with Crippen LogP contribution >= 0.6 is 11.8 Å². The van der Waals surface area contributed by atoms with E-state index in [0.717, 1.165) is 30.4 Å². The number of rotatable bonds is 3. The van der Waals surface area contributed by atoms with Crippen molar-refractivity contribution in [2.24, 2.45) is 0 Å². The molecule has 2 aliphatic rings. The number of halogens is 1. The largest absolute Gasteiger partial charge is 0.494 e. The molecule has 0 aromatic heterocycles. The second kappa shape index (κ2) is 6.75. The topological polar surface area (TPSA) is 44.8 Å². The molecule has 1 N–H and O–H groups in total. The molecule has 0 bridgehead atoms. The molecule has 120 valence electrons. The van der Waals surface area contributed by atoms with Gasteiger partial charge in [-0.25, -0.2) is 4.39 Å². The number of hydrogen-bond acceptors (Lipinski definition) is 5. The average Bonchev–Trinajstić information content (AvgIpc) is 3.08. The number of piperazine rings is 1. The third kappa shape index (κ3) is 3.15. The molecule has 1 aromatic carbocycles. The van der Waals surface area contributed by atoms with Gasteiger partial charge in [-0.05, 0) is 12.1 Å². The van der Waals surface area contributed by atoms with Crippen molar-refractivity contribution in [1.29, 1.82) is 0 Å². The Labute approximate surface area is 133 Å². The Hall–Kier alpha value is -1.47. The maximum atomic E-state index is 13.3. The minimum atomic E-state index is -0.306. The van der Waals surface area contributed by atoms with E-state index in [0.29, 0.717) is 18.8 Å². The van der Waals surface area contributed by atoms with Gasteiger partial charge in [-0.1, -0.05) is 0 Å². The fourth-order valence-electron chi connectivity index (χ4n) is 2.85. The van der Waals surface area contributed by atoms with E-state index >= 15 is 0 Å². The van der Waals surface area contributed by atoms with Crippen LogP contribution < -0.4 is 15.0 Å². The highest BCUT2D eigenvalue weighted by Crippen LogP contribution is 2.29. The lowest BCUT2D eigenvalue weighted by Gasteiger charge is -2.37. The van der Waals surface area contributed by atoms with Crippen molar-refractivity contribution < 1.29 is 13.9 Å². The minimum absolute atomic E-state index is 0.0445. The maximum absolute atomic E-state index is 13.3.